The lowest BCUT2D eigenvalue weighted by atomic mass is 10.2. The summed E-state index contributed by atoms with van der Waals surface area (Å²) in [6.07, 6.45) is 1.71. The highest BCUT2D eigenvalue weighted by molar-refractivity contribution is 9.10. The monoisotopic (exact) mass is 364 g/mol. The first-order valence-corrected chi connectivity index (χ1v) is 7.72. The second kappa shape index (κ2) is 6.88. The number of anilines is 2. The van der Waals surface area contributed by atoms with Gasteiger partial charge in [0.15, 0.2) is 0 Å². The summed E-state index contributed by atoms with van der Waals surface area (Å²) >= 11 is 9.51. The second-order valence-corrected chi connectivity index (χ2v) is 5.85. The van der Waals surface area contributed by atoms with Gasteiger partial charge in [0.05, 0.1) is 11.3 Å². The molecule has 1 N–H and O–H groups in total. The Morgan fingerprint density at radius 1 is 1.38 bits per heavy atom. The van der Waals surface area contributed by atoms with Crippen molar-refractivity contribution in [2.75, 3.05) is 5.32 Å². The number of halogens is 2. The van der Waals surface area contributed by atoms with Gasteiger partial charge >= 0.3 is 0 Å². The molecular formula is C15H14BrClN4. The van der Waals surface area contributed by atoms with Crippen molar-refractivity contribution in [3.63, 3.8) is 0 Å². The molecule has 0 spiro atoms. The van der Waals surface area contributed by atoms with Crippen molar-refractivity contribution < 1.29 is 0 Å². The molecule has 0 fully saturated rings. The van der Waals surface area contributed by atoms with Crippen molar-refractivity contribution in [2.24, 2.45) is 0 Å². The van der Waals surface area contributed by atoms with Crippen LogP contribution < -0.4 is 5.32 Å². The summed E-state index contributed by atoms with van der Waals surface area (Å²) < 4.78 is 0.855. The Morgan fingerprint density at radius 2 is 2.14 bits per heavy atom. The highest BCUT2D eigenvalue weighted by Gasteiger charge is 2.11. The van der Waals surface area contributed by atoms with Crippen LogP contribution in [0.3, 0.4) is 0 Å². The average molecular weight is 366 g/mol. The summed E-state index contributed by atoms with van der Waals surface area (Å²) in [7, 11) is 0. The molecule has 0 saturated carbocycles. The number of rotatable bonds is 4. The molecule has 1 heterocycles. The Labute approximate surface area is 137 Å². The van der Waals surface area contributed by atoms with Crippen LogP contribution in [0.25, 0.3) is 0 Å². The zero-order valence-electron chi connectivity index (χ0n) is 11.7. The van der Waals surface area contributed by atoms with Crippen molar-refractivity contribution in [1.82, 2.24) is 9.97 Å². The standard InChI is InChI=1S/C15H14BrClN4/c1-3-4-13-20-14(17)9(2)15(21-13)19-12-6-5-11(16)7-10(12)8-18/h5-7H,3-4H2,1-2H3,(H,19,20,21). The van der Waals surface area contributed by atoms with E-state index in [0.717, 1.165) is 22.9 Å². The summed E-state index contributed by atoms with van der Waals surface area (Å²) in [5.41, 5.74) is 2.00. The van der Waals surface area contributed by atoms with Crippen LogP contribution in [0.2, 0.25) is 5.15 Å². The normalized spacial score (nSPS) is 10.2. The van der Waals surface area contributed by atoms with Crippen LogP contribution in [0.15, 0.2) is 22.7 Å². The predicted octanol–water partition coefficient (Wildman–Crippen LogP) is 4.77. The molecule has 0 atom stereocenters. The molecule has 2 rings (SSSR count). The maximum absolute atomic E-state index is 9.21. The molecule has 0 aliphatic heterocycles. The second-order valence-electron chi connectivity index (χ2n) is 4.58. The molecular weight excluding hydrogens is 352 g/mol. The lowest BCUT2D eigenvalue weighted by Crippen LogP contribution is -2.04. The summed E-state index contributed by atoms with van der Waals surface area (Å²) in [6, 6.07) is 7.62. The molecule has 1 aromatic heterocycles. The molecule has 4 nitrogen and oxygen atoms in total. The van der Waals surface area contributed by atoms with Crippen LogP contribution in [0.4, 0.5) is 11.5 Å². The summed E-state index contributed by atoms with van der Waals surface area (Å²) in [4.78, 5) is 8.75. The van der Waals surface area contributed by atoms with Gasteiger partial charge < -0.3 is 5.32 Å². The maximum atomic E-state index is 9.21. The summed E-state index contributed by atoms with van der Waals surface area (Å²) in [6.45, 7) is 3.91. The minimum absolute atomic E-state index is 0.437. The highest BCUT2D eigenvalue weighted by atomic mass is 79.9. The summed E-state index contributed by atoms with van der Waals surface area (Å²) in [5.74, 6) is 1.34. The maximum Gasteiger partial charge on any atom is 0.138 e. The van der Waals surface area contributed by atoms with E-state index in [0.29, 0.717) is 28.0 Å². The fourth-order valence-electron chi connectivity index (χ4n) is 1.84. The number of hydrogen-bond acceptors (Lipinski definition) is 4. The average Bonchev–Trinajstić information content (AvgIpc) is 2.46. The fraction of sp³-hybridized carbons (Fsp3) is 0.267. The number of nitrogens with one attached hydrogen (secondary N) is 1. The first-order chi connectivity index (χ1) is 10.0. The molecule has 2 aromatic rings. The zero-order chi connectivity index (χ0) is 15.4. The number of benzene rings is 1. The van der Waals surface area contributed by atoms with Crippen molar-refractivity contribution in [3.8, 4) is 6.07 Å². The molecule has 0 unspecified atom stereocenters. The highest BCUT2D eigenvalue weighted by Crippen LogP contribution is 2.27. The van der Waals surface area contributed by atoms with Crippen molar-refractivity contribution >= 4 is 39.0 Å². The van der Waals surface area contributed by atoms with Gasteiger partial charge in [-0.15, -0.1) is 0 Å². The smallest absolute Gasteiger partial charge is 0.138 e. The lowest BCUT2D eigenvalue weighted by molar-refractivity contribution is 0.833. The molecule has 0 aliphatic rings. The van der Waals surface area contributed by atoms with E-state index in [9.17, 15) is 5.26 Å². The molecule has 0 radical (unpaired) electrons. The van der Waals surface area contributed by atoms with Crippen LogP contribution in [-0.2, 0) is 6.42 Å². The van der Waals surface area contributed by atoms with Gasteiger partial charge in [-0.1, -0.05) is 34.5 Å². The first kappa shape index (κ1) is 15.7. The van der Waals surface area contributed by atoms with E-state index in [1.54, 1.807) is 6.07 Å². The largest absolute Gasteiger partial charge is 0.339 e. The number of aryl methyl sites for hydroxylation is 1. The Bertz CT molecular complexity index is 710. The molecule has 1 aromatic carbocycles. The predicted molar refractivity (Wildman–Crippen MR) is 87.9 cm³/mol. The van der Waals surface area contributed by atoms with Gasteiger partial charge in [-0.2, -0.15) is 5.26 Å². The van der Waals surface area contributed by atoms with Gasteiger partial charge in [-0.3, -0.25) is 0 Å². The molecule has 6 heteroatoms. The minimum Gasteiger partial charge on any atom is -0.339 e. The fourth-order valence-corrected chi connectivity index (χ4v) is 2.38. The van der Waals surface area contributed by atoms with Gasteiger partial charge in [0.25, 0.3) is 0 Å². The van der Waals surface area contributed by atoms with Crippen LogP contribution in [0.5, 0.6) is 0 Å². The molecule has 0 amide bonds. The van der Waals surface area contributed by atoms with E-state index in [4.69, 9.17) is 11.6 Å². The third kappa shape index (κ3) is 3.72. The van der Waals surface area contributed by atoms with E-state index in [2.05, 4.69) is 44.2 Å². The van der Waals surface area contributed by atoms with Gasteiger partial charge in [-0.25, -0.2) is 9.97 Å². The number of hydrogen-bond donors (Lipinski definition) is 1. The first-order valence-electron chi connectivity index (χ1n) is 6.54. The molecule has 108 valence electrons. The summed E-state index contributed by atoms with van der Waals surface area (Å²) in [5, 5.41) is 12.8. The quantitative estimate of drug-likeness (QED) is 0.793. The van der Waals surface area contributed by atoms with E-state index < -0.39 is 0 Å². The zero-order valence-corrected chi connectivity index (χ0v) is 14.1. The third-order valence-electron chi connectivity index (χ3n) is 2.96. The van der Waals surface area contributed by atoms with Gasteiger partial charge in [-0.05, 0) is 31.5 Å². The SMILES string of the molecule is CCCc1nc(Cl)c(C)c(Nc2ccc(Br)cc2C#N)n1. The van der Waals surface area contributed by atoms with Gasteiger partial charge in [0, 0.05) is 16.5 Å². The topological polar surface area (TPSA) is 61.6 Å². The molecule has 0 bridgehead atoms. The Morgan fingerprint density at radius 3 is 2.81 bits per heavy atom. The van der Waals surface area contributed by atoms with Gasteiger partial charge in [0.2, 0.25) is 0 Å². The number of aromatic nitrogens is 2. The Kier molecular flexibility index (Phi) is 5.16. The van der Waals surface area contributed by atoms with Crippen LogP contribution in [0, 0.1) is 18.3 Å². The minimum atomic E-state index is 0.437. The van der Waals surface area contributed by atoms with Crippen molar-refractivity contribution in [3.05, 3.63) is 44.8 Å². The van der Waals surface area contributed by atoms with Crippen molar-refractivity contribution in [2.45, 2.75) is 26.7 Å². The van der Waals surface area contributed by atoms with Crippen molar-refractivity contribution in [1.29, 1.82) is 5.26 Å². The molecule has 0 saturated heterocycles. The Balaban J connectivity index is 2.42. The van der Waals surface area contributed by atoms with E-state index in [1.807, 2.05) is 19.1 Å². The third-order valence-corrected chi connectivity index (χ3v) is 3.82. The molecule has 21 heavy (non-hydrogen) atoms. The number of nitriles is 1. The van der Waals surface area contributed by atoms with Crippen LogP contribution in [0.1, 0.15) is 30.3 Å². The lowest BCUT2D eigenvalue weighted by Gasteiger charge is -2.12. The van der Waals surface area contributed by atoms with E-state index in [-0.39, 0.29) is 0 Å². The Hall–Kier alpha value is -1.64. The van der Waals surface area contributed by atoms with E-state index in [1.165, 1.54) is 0 Å². The van der Waals surface area contributed by atoms with Gasteiger partial charge in [0.1, 0.15) is 22.9 Å². The van der Waals surface area contributed by atoms with Crippen LogP contribution >= 0.6 is 27.5 Å². The van der Waals surface area contributed by atoms with E-state index >= 15 is 0 Å². The van der Waals surface area contributed by atoms with Crippen LogP contribution in [-0.4, -0.2) is 9.97 Å². The number of nitrogens with zero attached hydrogens (tertiary/aromatic N) is 3. The molecule has 0 aliphatic carbocycles.